The lowest BCUT2D eigenvalue weighted by atomic mass is 9.87. The number of methoxy groups -OCH3 is 1. The second-order valence-electron chi connectivity index (χ2n) is 7.53. The average Bonchev–Trinajstić information content (AvgIpc) is 3.30. The first-order valence-electron chi connectivity index (χ1n) is 11.1. The van der Waals surface area contributed by atoms with Crippen molar-refractivity contribution in [3.05, 3.63) is 65.0 Å². The van der Waals surface area contributed by atoms with E-state index in [4.69, 9.17) is 9.72 Å². The van der Waals surface area contributed by atoms with E-state index in [1.54, 1.807) is 28.1 Å². The van der Waals surface area contributed by atoms with Crippen LogP contribution >= 0.6 is 24.7 Å². The van der Waals surface area contributed by atoms with Crippen molar-refractivity contribution in [3.63, 3.8) is 0 Å². The molecule has 0 aromatic carbocycles. The summed E-state index contributed by atoms with van der Waals surface area (Å²) in [5.74, 6) is 0.567. The van der Waals surface area contributed by atoms with Gasteiger partial charge in [-0.25, -0.2) is 9.50 Å². The molecule has 3 aromatic rings. The number of nitrogens with zero attached hydrogens (tertiary/aromatic N) is 3. The van der Waals surface area contributed by atoms with Crippen LogP contribution in [0.2, 0.25) is 0 Å². The number of nitrogens with one attached hydrogen (secondary N) is 2. The third-order valence-electron chi connectivity index (χ3n) is 5.24. The molecule has 3 heterocycles. The molecule has 3 aromatic heterocycles. The van der Waals surface area contributed by atoms with Crippen LogP contribution in [0, 0.1) is 0 Å². The zero-order valence-electron chi connectivity index (χ0n) is 19.4. The molecule has 0 bridgehead atoms. The SMILES string of the molecule is CC/C=C/COC.FSNSF.O=c1ccc(-c2cnn3ccc(C4CCCCC4)nc23)c[nH]1. The van der Waals surface area contributed by atoms with Gasteiger partial charge in [-0.2, -0.15) is 9.23 Å². The van der Waals surface area contributed by atoms with Crippen LogP contribution in [0.4, 0.5) is 7.77 Å². The van der Waals surface area contributed by atoms with Crippen molar-refractivity contribution in [2.45, 2.75) is 51.4 Å². The van der Waals surface area contributed by atoms with E-state index in [1.165, 1.54) is 43.9 Å². The lowest BCUT2D eigenvalue weighted by molar-refractivity contribution is 0.233. The van der Waals surface area contributed by atoms with Crippen LogP contribution in [-0.4, -0.2) is 33.3 Å². The Morgan fingerprint density at radius 1 is 1.21 bits per heavy atom. The lowest BCUT2D eigenvalue weighted by Gasteiger charge is -2.20. The Morgan fingerprint density at radius 3 is 2.56 bits per heavy atom. The molecule has 4 rings (SSSR count). The minimum Gasteiger partial charge on any atom is -0.381 e. The number of halogens is 2. The highest BCUT2D eigenvalue weighted by atomic mass is 32.3. The van der Waals surface area contributed by atoms with Crippen molar-refractivity contribution >= 4 is 30.3 Å². The van der Waals surface area contributed by atoms with Gasteiger partial charge in [0.15, 0.2) is 5.65 Å². The molecule has 11 heteroatoms. The molecule has 1 aliphatic rings. The van der Waals surface area contributed by atoms with Crippen LogP contribution in [0.1, 0.15) is 57.1 Å². The minimum atomic E-state index is -0.260. The summed E-state index contributed by atoms with van der Waals surface area (Å²) in [6, 6.07) is 5.43. The Labute approximate surface area is 207 Å². The third kappa shape index (κ3) is 9.21. The maximum absolute atomic E-state index is 11.2. The topological polar surface area (TPSA) is 84.3 Å². The van der Waals surface area contributed by atoms with Crippen molar-refractivity contribution in [3.8, 4) is 11.1 Å². The lowest BCUT2D eigenvalue weighted by Crippen LogP contribution is -2.07. The summed E-state index contributed by atoms with van der Waals surface area (Å²) < 4.78 is 29.2. The molecule has 0 aliphatic heterocycles. The number of rotatable bonds is 7. The molecular formula is C23H31F2N5O2S2. The summed E-state index contributed by atoms with van der Waals surface area (Å²) in [5, 5.41) is 4.37. The number of ether oxygens (including phenoxy) is 1. The number of hydrogen-bond donors (Lipinski definition) is 2. The van der Waals surface area contributed by atoms with Gasteiger partial charge in [-0.05, 0) is 31.4 Å². The summed E-state index contributed by atoms with van der Waals surface area (Å²) in [6.45, 7) is 2.85. The second-order valence-corrected chi connectivity index (χ2v) is 8.50. The zero-order valence-corrected chi connectivity index (χ0v) is 21.0. The van der Waals surface area contributed by atoms with Crippen molar-refractivity contribution in [2.24, 2.45) is 0 Å². The second kappa shape index (κ2) is 16.4. The number of fused-ring (bicyclic) bond motifs is 1. The van der Waals surface area contributed by atoms with E-state index < -0.39 is 0 Å². The zero-order chi connectivity index (χ0) is 24.6. The first-order chi connectivity index (χ1) is 16.6. The van der Waals surface area contributed by atoms with Crippen molar-refractivity contribution in [1.82, 2.24) is 23.7 Å². The van der Waals surface area contributed by atoms with E-state index in [0.717, 1.165) is 29.8 Å². The first kappa shape index (κ1) is 28.0. The molecule has 186 valence electrons. The molecule has 1 saturated carbocycles. The Hall–Kier alpha value is -2.21. The predicted molar refractivity (Wildman–Crippen MR) is 137 cm³/mol. The van der Waals surface area contributed by atoms with E-state index in [9.17, 15) is 12.6 Å². The van der Waals surface area contributed by atoms with Crippen LogP contribution in [0.25, 0.3) is 16.8 Å². The van der Waals surface area contributed by atoms with Gasteiger partial charge in [-0.1, -0.05) is 38.3 Å². The fourth-order valence-corrected chi connectivity index (χ4v) is 3.73. The normalized spacial score (nSPS) is 13.9. The third-order valence-corrected chi connectivity index (χ3v) is 5.74. The highest BCUT2D eigenvalue weighted by molar-refractivity contribution is 8.07. The fraction of sp³-hybridized carbons (Fsp3) is 0.435. The summed E-state index contributed by atoms with van der Waals surface area (Å²) in [7, 11) is 1.69. The summed E-state index contributed by atoms with van der Waals surface area (Å²) in [6.07, 6.45) is 17.1. The van der Waals surface area contributed by atoms with E-state index in [1.807, 2.05) is 18.3 Å². The Morgan fingerprint density at radius 2 is 1.97 bits per heavy atom. The van der Waals surface area contributed by atoms with Gasteiger partial charge < -0.3 is 9.72 Å². The summed E-state index contributed by atoms with van der Waals surface area (Å²) >= 11 is -0.521. The Kier molecular flexibility index (Phi) is 13.5. The van der Waals surface area contributed by atoms with Gasteiger partial charge in [0.2, 0.25) is 5.56 Å². The molecule has 7 nitrogen and oxygen atoms in total. The molecule has 0 saturated heterocycles. The van der Waals surface area contributed by atoms with E-state index in [0.29, 0.717) is 5.92 Å². The van der Waals surface area contributed by atoms with E-state index in [2.05, 4.69) is 29.1 Å². The molecule has 2 N–H and O–H groups in total. The van der Waals surface area contributed by atoms with Crippen LogP contribution in [0.5, 0.6) is 0 Å². The number of hydrogen-bond acceptors (Lipinski definition) is 7. The largest absolute Gasteiger partial charge is 0.381 e. The highest BCUT2D eigenvalue weighted by Crippen LogP contribution is 2.32. The van der Waals surface area contributed by atoms with Crippen LogP contribution in [0.15, 0.2) is 53.7 Å². The van der Waals surface area contributed by atoms with Gasteiger partial charge in [0, 0.05) is 48.3 Å². The van der Waals surface area contributed by atoms with Gasteiger partial charge in [0.05, 0.1) is 12.8 Å². The van der Waals surface area contributed by atoms with Crippen molar-refractivity contribution < 1.29 is 12.5 Å². The maximum atomic E-state index is 11.2. The number of pyridine rings is 1. The monoisotopic (exact) mass is 511 g/mol. The molecule has 0 radical (unpaired) electrons. The summed E-state index contributed by atoms with van der Waals surface area (Å²) in [4.78, 5) is 18.8. The van der Waals surface area contributed by atoms with E-state index in [-0.39, 0.29) is 30.2 Å². The molecule has 0 atom stereocenters. The van der Waals surface area contributed by atoms with E-state index >= 15 is 0 Å². The van der Waals surface area contributed by atoms with Gasteiger partial charge in [0.1, 0.15) is 24.7 Å². The molecule has 34 heavy (non-hydrogen) atoms. The number of aromatic amines is 1. The standard InChI is InChI=1S/C17H18N4O.C6H12O.F2HNS2/c22-16-7-6-13(10-18-16)14-11-19-21-9-8-15(20-17(14)21)12-4-2-1-3-5-12;1-3-4-5-6-7-2;1-4-3-5-2/h6-12H,1-5H2,(H,18,22);4-5H,3,6H2,1-2H3;3H/b;5-4+;. The molecule has 1 fully saturated rings. The van der Waals surface area contributed by atoms with Gasteiger partial charge in [-0.15, -0.1) is 7.77 Å². The van der Waals surface area contributed by atoms with Crippen molar-refractivity contribution in [1.29, 1.82) is 0 Å². The number of H-pyrrole nitrogens is 1. The maximum Gasteiger partial charge on any atom is 0.247 e. The van der Waals surface area contributed by atoms with Crippen molar-refractivity contribution in [2.75, 3.05) is 13.7 Å². The van der Waals surface area contributed by atoms with Gasteiger partial charge >= 0.3 is 0 Å². The van der Waals surface area contributed by atoms with Crippen LogP contribution < -0.4 is 9.69 Å². The number of allylic oxidation sites excluding steroid dienone is 1. The molecule has 0 unspecified atom stereocenters. The average molecular weight is 512 g/mol. The highest BCUT2D eigenvalue weighted by Gasteiger charge is 2.18. The fourth-order valence-electron chi connectivity index (χ4n) is 3.63. The predicted octanol–water partition coefficient (Wildman–Crippen LogP) is 6.37. The smallest absolute Gasteiger partial charge is 0.247 e. The summed E-state index contributed by atoms with van der Waals surface area (Å²) in [5.41, 5.74) is 3.81. The van der Waals surface area contributed by atoms with Crippen LogP contribution in [0.3, 0.4) is 0 Å². The Balaban J connectivity index is 0.000000285. The molecular weight excluding hydrogens is 480 g/mol. The molecule has 1 aliphatic carbocycles. The first-order valence-corrected chi connectivity index (χ1v) is 12.5. The Bertz CT molecular complexity index is 1030. The quantitative estimate of drug-likeness (QED) is 0.281. The van der Waals surface area contributed by atoms with Crippen LogP contribution in [-0.2, 0) is 4.74 Å². The molecule has 0 spiro atoms. The number of aromatic nitrogens is 4. The van der Waals surface area contributed by atoms with Gasteiger partial charge in [-0.3, -0.25) is 4.79 Å². The van der Waals surface area contributed by atoms with Gasteiger partial charge in [0.25, 0.3) is 0 Å². The molecule has 0 amide bonds. The minimum absolute atomic E-state index is 0.101.